The monoisotopic (exact) mass is 233 g/mol. The standard InChI is InChI=1S/C15H23NO/c1-5-11(3)13-7-9-14(10-8-13)15(6-2)16-12(4)17/h7-11,15H,5-6H2,1-4H3,(H,16,17)/t11-,15-/m0/s1. The van der Waals surface area contributed by atoms with Crippen LogP contribution in [0, 0.1) is 0 Å². The molecular weight excluding hydrogens is 210 g/mol. The first-order valence-electron chi connectivity index (χ1n) is 6.45. The Labute approximate surface area is 104 Å². The van der Waals surface area contributed by atoms with Gasteiger partial charge >= 0.3 is 0 Å². The third-order valence-electron chi connectivity index (χ3n) is 3.31. The minimum absolute atomic E-state index is 0.0304. The van der Waals surface area contributed by atoms with Crippen LogP contribution < -0.4 is 5.32 Å². The highest BCUT2D eigenvalue weighted by Crippen LogP contribution is 2.22. The molecule has 0 aliphatic heterocycles. The summed E-state index contributed by atoms with van der Waals surface area (Å²) in [7, 11) is 0. The highest BCUT2D eigenvalue weighted by molar-refractivity contribution is 5.73. The van der Waals surface area contributed by atoms with Crippen LogP contribution in [-0.2, 0) is 4.79 Å². The van der Waals surface area contributed by atoms with Crippen LogP contribution in [0.25, 0.3) is 0 Å². The third-order valence-corrected chi connectivity index (χ3v) is 3.31. The van der Waals surface area contributed by atoms with Gasteiger partial charge in [0.05, 0.1) is 6.04 Å². The summed E-state index contributed by atoms with van der Waals surface area (Å²) in [6.07, 6.45) is 2.07. The topological polar surface area (TPSA) is 29.1 Å². The zero-order chi connectivity index (χ0) is 12.8. The second-order valence-electron chi connectivity index (χ2n) is 4.64. The average molecular weight is 233 g/mol. The summed E-state index contributed by atoms with van der Waals surface area (Å²) in [5.74, 6) is 0.632. The Balaban J connectivity index is 2.81. The van der Waals surface area contributed by atoms with E-state index in [4.69, 9.17) is 0 Å². The second-order valence-corrected chi connectivity index (χ2v) is 4.64. The van der Waals surface area contributed by atoms with Crippen molar-refractivity contribution in [1.82, 2.24) is 5.32 Å². The highest BCUT2D eigenvalue weighted by atomic mass is 16.1. The quantitative estimate of drug-likeness (QED) is 0.823. The maximum absolute atomic E-state index is 11.1. The van der Waals surface area contributed by atoms with E-state index in [-0.39, 0.29) is 11.9 Å². The van der Waals surface area contributed by atoms with Crippen molar-refractivity contribution in [3.63, 3.8) is 0 Å². The first-order chi connectivity index (χ1) is 8.08. The molecule has 0 aromatic heterocycles. The van der Waals surface area contributed by atoms with Crippen LogP contribution in [0.3, 0.4) is 0 Å². The Morgan fingerprint density at radius 3 is 2.06 bits per heavy atom. The molecule has 0 aliphatic carbocycles. The van der Waals surface area contributed by atoms with E-state index >= 15 is 0 Å². The summed E-state index contributed by atoms with van der Waals surface area (Å²) < 4.78 is 0. The molecule has 0 bridgehead atoms. The fourth-order valence-corrected chi connectivity index (χ4v) is 1.96. The molecule has 0 unspecified atom stereocenters. The molecule has 17 heavy (non-hydrogen) atoms. The number of hydrogen-bond acceptors (Lipinski definition) is 1. The van der Waals surface area contributed by atoms with Crippen LogP contribution in [0.4, 0.5) is 0 Å². The van der Waals surface area contributed by atoms with Crippen molar-refractivity contribution in [2.24, 2.45) is 0 Å². The fraction of sp³-hybridized carbons (Fsp3) is 0.533. The summed E-state index contributed by atoms with van der Waals surface area (Å²) in [6.45, 7) is 8.09. The summed E-state index contributed by atoms with van der Waals surface area (Å²) in [5, 5.41) is 2.97. The minimum atomic E-state index is 0.0304. The van der Waals surface area contributed by atoms with Crippen LogP contribution in [0.15, 0.2) is 24.3 Å². The number of carbonyl (C=O) groups excluding carboxylic acids is 1. The third kappa shape index (κ3) is 3.88. The number of rotatable bonds is 5. The second kappa shape index (κ2) is 6.43. The molecule has 2 atom stereocenters. The lowest BCUT2D eigenvalue weighted by Gasteiger charge is -2.17. The zero-order valence-electron chi connectivity index (χ0n) is 11.3. The van der Waals surface area contributed by atoms with Gasteiger partial charge in [0.15, 0.2) is 0 Å². The van der Waals surface area contributed by atoms with Crippen molar-refractivity contribution in [2.75, 3.05) is 0 Å². The van der Waals surface area contributed by atoms with Gasteiger partial charge in [-0.05, 0) is 29.9 Å². The Kier molecular flexibility index (Phi) is 5.20. The lowest BCUT2D eigenvalue weighted by atomic mass is 9.95. The molecule has 1 amide bonds. The predicted octanol–water partition coefficient (Wildman–Crippen LogP) is 3.79. The Morgan fingerprint density at radius 1 is 1.12 bits per heavy atom. The molecule has 2 heteroatoms. The zero-order valence-corrected chi connectivity index (χ0v) is 11.3. The molecule has 1 rings (SSSR count). The number of nitrogens with one attached hydrogen (secondary N) is 1. The highest BCUT2D eigenvalue weighted by Gasteiger charge is 2.10. The summed E-state index contributed by atoms with van der Waals surface area (Å²) in [5.41, 5.74) is 2.56. The first kappa shape index (κ1) is 13.8. The molecule has 94 valence electrons. The molecular formula is C15H23NO. The van der Waals surface area contributed by atoms with Gasteiger partial charge in [0, 0.05) is 6.92 Å². The minimum Gasteiger partial charge on any atom is -0.350 e. The van der Waals surface area contributed by atoms with Crippen molar-refractivity contribution >= 4 is 5.91 Å². The molecule has 0 radical (unpaired) electrons. The maximum atomic E-state index is 11.1. The van der Waals surface area contributed by atoms with Gasteiger partial charge in [0.2, 0.25) is 5.91 Å². The number of benzene rings is 1. The molecule has 0 saturated heterocycles. The summed E-state index contributed by atoms with van der Waals surface area (Å²) in [4.78, 5) is 11.1. The Hall–Kier alpha value is -1.31. The van der Waals surface area contributed by atoms with E-state index in [1.54, 1.807) is 6.92 Å². The van der Waals surface area contributed by atoms with Crippen molar-refractivity contribution < 1.29 is 4.79 Å². The smallest absolute Gasteiger partial charge is 0.217 e. The van der Waals surface area contributed by atoms with E-state index in [0.717, 1.165) is 12.8 Å². The predicted molar refractivity (Wildman–Crippen MR) is 72.0 cm³/mol. The molecule has 0 heterocycles. The van der Waals surface area contributed by atoms with Gasteiger partial charge in [-0.2, -0.15) is 0 Å². The molecule has 0 spiro atoms. The molecule has 1 aromatic carbocycles. The van der Waals surface area contributed by atoms with Crippen LogP contribution in [0.5, 0.6) is 0 Å². The van der Waals surface area contributed by atoms with Crippen LogP contribution in [0.1, 0.15) is 63.6 Å². The molecule has 0 saturated carbocycles. The fourth-order valence-electron chi connectivity index (χ4n) is 1.96. The van der Waals surface area contributed by atoms with E-state index < -0.39 is 0 Å². The van der Waals surface area contributed by atoms with Gasteiger partial charge in [0.1, 0.15) is 0 Å². The average Bonchev–Trinajstić information content (AvgIpc) is 2.35. The molecule has 1 aromatic rings. The van der Waals surface area contributed by atoms with Crippen molar-refractivity contribution in [1.29, 1.82) is 0 Å². The molecule has 2 nitrogen and oxygen atoms in total. The van der Waals surface area contributed by atoms with Crippen molar-refractivity contribution in [3.05, 3.63) is 35.4 Å². The molecule has 0 fully saturated rings. The van der Waals surface area contributed by atoms with E-state index in [1.165, 1.54) is 11.1 Å². The normalized spacial score (nSPS) is 14.1. The maximum Gasteiger partial charge on any atom is 0.217 e. The molecule has 0 aliphatic rings. The van der Waals surface area contributed by atoms with E-state index in [0.29, 0.717) is 5.92 Å². The lowest BCUT2D eigenvalue weighted by Crippen LogP contribution is -2.25. The van der Waals surface area contributed by atoms with E-state index in [1.807, 2.05) is 0 Å². The number of amides is 1. The first-order valence-corrected chi connectivity index (χ1v) is 6.45. The van der Waals surface area contributed by atoms with Gasteiger partial charge < -0.3 is 5.32 Å². The summed E-state index contributed by atoms with van der Waals surface area (Å²) in [6, 6.07) is 8.75. The number of carbonyl (C=O) groups is 1. The van der Waals surface area contributed by atoms with Gasteiger partial charge in [-0.25, -0.2) is 0 Å². The largest absolute Gasteiger partial charge is 0.350 e. The molecule has 1 N–H and O–H groups in total. The van der Waals surface area contributed by atoms with Crippen molar-refractivity contribution in [3.8, 4) is 0 Å². The van der Waals surface area contributed by atoms with Crippen LogP contribution in [-0.4, -0.2) is 5.91 Å². The van der Waals surface area contributed by atoms with Gasteiger partial charge in [-0.1, -0.05) is 45.0 Å². The summed E-state index contributed by atoms with van der Waals surface area (Å²) >= 11 is 0. The van der Waals surface area contributed by atoms with Crippen molar-refractivity contribution in [2.45, 2.75) is 52.5 Å². The van der Waals surface area contributed by atoms with Gasteiger partial charge in [0.25, 0.3) is 0 Å². The Morgan fingerprint density at radius 2 is 1.65 bits per heavy atom. The van der Waals surface area contributed by atoms with Crippen LogP contribution >= 0.6 is 0 Å². The number of hydrogen-bond donors (Lipinski definition) is 1. The lowest BCUT2D eigenvalue weighted by molar-refractivity contribution is -0.119. The van der Waals surface area contributed by atoms with E-state index in [2.05, 4.69) is 50.4 Å². The van der Waals surface area contributed by atoms with Gasteiger partial charge in [-0.3, -0.25) is 4.79 Å². The Bertz CT molecular complexity index is 356. The van der Waals surface area contributed by atoms with Gasteiger partial charge in [-0.15, -0.1) is 0 Å². The SMILES string of the molecule is CC[C@H](NC(C)=O)c1ccc([C@@H](C)CC)cc1. The van der Waals surface area contributed by atoms with Crippen LogP contribution in [0.2, 0.25) is 0 Å². The van der Waals surface area contributed by atoms with E-state index in [9.17, 15) is 4.79 Å².